The molecule has 2 aliphatic heterocycles. The van der Waals surface area contributed by atoms with E-state index in [1.807, 2.05) is 12.4 Å². The van der Waals surface area contributed by atoms with E-state index in [9.17, 15) is 0 Å². The summed E-state index contributed by atoms with van der Waals surface area (Å²) in [6.07, 6.45) is 6.49. The Balaban J connectivity index is 1.39. The summed E-state index contributed by atoms with van der Waals surface area (Å²) in [6.45, 7) is 5.41. The van der Waals surface area contributed by atoms with Crippen molar-refractivity contribution < 1.29 is 0 Å². The molecular weight excluding hydrogens is 308 g/mol. The van der Waals surface area contributed by atoms with Crippen LogP contribution in [0.1, 0.15) is 36.8 Å². The van der Waals surface area contributed by atoms with E-state index in [2.05, 4.69) is 70.1 Å². The van der Waals surface area contributed by atoms with Gasteiger partial charge < -0.3 is 4.90 Å². The molecule has 2 aliphatic rings. The van der Waals surface area contributed by atoms with Gasteiger partial charge in [0.15, 0.2) is 5.82 Å². The van der Waals surface area contributed by atoms with Crippen LogP contribution in [0, 0.1) is 0 Å². The van der Waals surface area contributed by atoms with Gasteiger partial charge in [-0.2, -0.15) is 0 Å². The number of pyridine rings is 1. The first-order chi connectivity index (χ1) is 12.2. The fourth-order valence-electron chi connectivity index (χ4n) is 3.83. The molecule has 1 fully saturated rings. The summed E-state index contributed by atoms with van der Waals surface area (Å²) in [5.74, 6) is 1.69. The number of benzene rings is 1. The molecule has 0 radical (unpaired) electrons. The Kier molecular flexibility index (Phi) is 4.53. The number of nitrogens with zero attached hydrogens (tertiary/aromatic N) is 4. The molecule has 4 nitrogen and oxygen atoms in total. The Hall–Kier alpha value is -2.20. The van der Waals surface area contributed by atoms with Crippen molar-refractivity contribution >= 4 is 17.7 Å². The quantitative estimate of drug-likeness (QED) is 0.850. The molecule has 1 atom stereocenters. The molecule has 0 unspecified atom stereocenters. The zero-order valence-electron chi connectivity index (χ0n) is 15.1. The number of aliphatic imine (C=N–C) groups is 1. The number of fused-ring (bicyclic) bond motifs is 1. The van der Waals surface area contributed by atoms with E-state index < -0.39 is 0 Å². The summed E-state index contributed by atoms with van der Waals surface area (Å²) in [5.41, 5.74) is 3.75. The molecule has 4 heteroatoms. The third kappa shape index (κ3) is 3.45. The highest BCUT2D eigenvalue weighted by atomic mass is 15.2. The molecule has 2 aromatic rings. The van der Waals surface area contributed by atoms with Crippen molar-refractivity contribution in [2.24, 2.45) is 4.99 Å². The van der Waals surface area contributed by atoms with E-state index >= 15 is 0 Å². The first kappa shape index (κ1) is 16.3. The zero-order valence-corrected chi connectivity index (χ0v) is 15.1. The highest BCUT2D eigenvalue weighted by Gasteiger charge is 2.22. The fourth-order valence-corrected chi connectivity index (χ4v) is 3.83. The summed E-state index contributed by atoms with van der Waals surface area (Å²) in [7, 11) is 2.08. The van der Waals surface area contributed by atoms with Crippen molar-refractivity contribution in [3.05, 3.63) is 53.7 Å². The normalized spacial score (nSPS) is 21.4. The molecular formula is C21H26N4. The van der Waals surface area contributed by atoms with Gasteiger partial charge in [-0.25, -0.2) is 4.98 Å². The van der Waals surface area contributed by atoms with Crippen LogP contribution in [0.2, 0.25) is 0 Å². The fraction of sp³-hybridized carbons (Fsp3) is 0.429. The average molecular weight is 334 g/mol. The van der Waals surface area contributed by atoms with Crippen LogP contribution in [0.4, 0.5) is 11.5 Å². The van der Waals surface area contributed by atoms with E-state index in [0.29, 0.717) is 12.0 Å². The lowest BCUT2D eigenvalue weighted by Gasteiger charge is -2.32. The molecule has 0 aliphatic carbocycles. The van der Waals surface area contributed by atoms with Crippen molar-refractivity contribution in [3.8, 4) is 0 Å². The van der Waals surface area contributed by atoms with Crippen LogP contribution in [0.3, 0.4) is 0 Å². The second kappa shape index (κ2) is 6.96. The molecule has 0 spiro atoms. The van der Waals surface area contributed by atoms with Gasteiger partial charge in [-0.15, -0.1) is 0 Å². The minimum atomic E-state index is 0.308. The number of rotatable bonds is 3. The van der Waals surface area contributed by atoms with Crippen molar-refractivity contribution in [1.29, 1.82) is 0 Å². The lowest BCUT2D eigenvalue weighted by atomic mass is 9.89. The van der Waals surface area contributed by atoms with Gasteiger partial charge in [-0.05, 0) is 56.0 Å². The third-order valence-corrected chi connectivity index (χ3v) is 5.54. The average Bonchev–Trinajstić information content (AvgIpc) is 2.66. The standard InChI is InChI=1S/C21H26N4/c1-16-13-22-20-12-17(14-23-21(20)24(16)2)15-25-10-8-19(9-11-25)18-6-4-3-5-7-18/h3-7,12-14,16,19H,8-11,15H2,1-2H3/t16-/m0/s1. The second-order valence-corrected chi connectivity index (χ2v) is 7.28. The lowest BCUT2D eigenvalue weighted by molar-refractivity contribution is 0.204. The Morgan fingerprint density at radius 1 is 1.12 bits per heavy atom. The van der Waals surface area contributed by atoms with Crippen LogP contribution in [-0.4, -0.2) is 42.3 Å². The van der Waals surface area contributed by atoms with Gasteiger partial charge in [0.25, 0.3) is 0 Å². The van der Waals surface area contributed by atoms with Crippen molar-refractivity contribution in [2.45, 2.75) is 38.3 Å². The van der Waals surface area contributed by atoms with Gasteiger partial charge in [-0.1, -0.05) is 30.3 Å². The third-order valence-electron chi connectivity index (χ3n) is 5.54. The first-order valence-corrected chi connectivity index (χ1v) is 9.24. The molecule has 1 saturated heterocycles. The Bertz CT molecular complexity index is 748. The molecule has 3 heterocycles. The SMILES string of the molecule is C[C@H]1C=Nc2cc(CN3CCC(c4ccccc4)CC3)cnc2N1C. The number of hydrogen-bond acceptors (Lipinski definition) is 4. The number of anilines is 1. The van der Waals surface area contributed by atoms with Gasteiger partial charge >= 0.3 is 0 Å². The first-order valence-electron chi connectivity index (χ1n) is 9.24. The smallest absolute Gasteiger partial charge is 0.154 e. The van der Waals surface area contributed by atoms with Crippen LogP contribution in [-0.2, 0) is 6.54 Å². The molecule has 1 aromatic carbocycles. The highest BCUT2D eigenvalue weighted by molar-refractivity contribution is 5.81. The molecule has 25 heavy (non-hydrogen) atoms. The van der Waals surface area contributed by atoms with Gasteiger partial charge in [-0.3, -0.25) is 9.89 Å². The van der Waals surface area contributed by atoms with E-state index in [1.54, 1.807) is 0 Å². The maximum atomic E-state index is 4.66. The van der Waals surface area contributed by atoms with Crippen LogP contribution in [0.25, 0.3) is 0 Å². The number of piperidine rings is 1. The van der Waals surface area contributed by atoms with E-state index in [-0.39, 0.29) is 0 Å². The van der Waals surface area contributed by atoms with Gasteiger partial charge in [0.2, 0.25) is 0 Å². The van der Waals surface area contributed by atoms with E-state index in [0.717, 1.165) is 31.1 Å². The molecule has 0 saturated carbocycles. The van der Waals surface area contributed by atoms with Crippen molar-refractivity contribution in [1.82, 2.24) is 9.88 Å². The predicted octanol–water partition coefficient (Wildman–Crippen LogP) is 4.00. The molecule has 0 amide bonds. The maximum Gasteiger partial charge on any atom is 0.154 e. The Labute approximate surface area is 150 Å². The lowest BCUT2D eigenvalue weighted by Crippen LogP contribution is -2.33. The second-order valence-electron chi connectivity index (χ2n) is 7.28. The van der Waals surface area contributed by atoms with Crippen molar-refractivity contribution in [3.63, 3.8) is 0 Å². The molecule has 0 bridgehead atoms. The monoisotopic (exact) mass is 334 g/mol. The minimum absolute atomic E-state index is 0.308. The predicted molar refractivity (Wildman–Crippen MR) is 104 cm³/mol. The Morgan fingerprint density at radius 2 is 1.88 bits per heavy atom. The number of hydrogen-bond donors (Lipinski definition) is 0. The Morgan fingerprint density at radius 3 is 2.64 bits per heavy atom. The topological polar surface area (TPSA) is 31.7 Å². The van der Waals surface area contributed by atoms with Gasteiger partial charge in [0.1, 0.15) is 5.69 Å². The molecule has 4 rings (SSSR count). The number of likely N-dealkylation sites (tertiary alicyclic amines) is 1. The van der Waals surface area contributed by atoms with E-state index in [1.165, 1.54) is 24.0 Å². The molecule has 130 valence electrons. The minimum Gasteiger partial charge on any atom is -0.350 e. The molecule has 0 N–H and O–H groups in total. The largest absolute Gasteiger partial charge is 0.350 e. The zero-order chi connectivity index (χ0) is 17.2. The maximum absolute atomic E-state index is 4.66. The summed E-state index contributed by atoms with van der Waals surface area (Å²) < 4.78 is 0. The number of aromatic nitrogens is 1. The summed E-state index contributed by atoms with van der Waals surface area (Å²) in [6, 6.07) is 13.4. The summed E-state index contributed by atoms with van der Waals surface area (Å²) >= 11 is 0. The highest BCUT2D eigenvalue weighted by Crippen LogP contribution is 2.32. The van der Waals surface area contributed by atoms with Gasteiger partial charge in [0.05, 0.1) is 6.04 Å². The van der Waals surface area contributed by atoms with E-state index in [4.69, 9.17) is 0 Å². The van der Waals surface area contributed by atoms with Crippen LogP contribution >= 0.6 is 0 Å². The van der Waals surface area contributed by atoms with Gasteiger partial charge in [0, 0.05) is 26.0 Å². The van der Waals surface area contributed by atoms with Crippen LogP contribution in [0.5, 0.6) is 0 Å². The summed E-state index contributed by atoms with van der Waals surface area (Å²) in [4.78, 5) is 14.0. The van der Waals surface area contributed by atoms with Crippen molar-refractivity contribution in [2.75, 3.05) is 25.0 Å². The van der Waals surface area contributed by atoms with Crippen LogP contribution < -0.4 is 4.90 Å². The van der Waals surface area contributed by atoms with Crippen LogP contribution in [0.15, 0.2) is 47.6 Å². The summed E-state index contributed by atoms with van der Waals surface area (Å²) in [5, 5.41) is 0. The molecule has 1 aromatic heterocycles.